The van der Waals surface area contributed by atoms with Crippen molar-refractivity contribution in [2.45, 2.75) is 70.9 Å². The summed E-state index contributed by atoms with van der Waals surface area (Å²) in [6.07, 6.45) is 10.5. The van der Waals surface area contributed by atoms with Crippen molar-refractivity contribution < 1.29 is 0 Å². The van der Waals surface area contributed by atoms with Crippen LogP contribution >= 0.6 is 0 Å². The van der Waals surface area contributed by atoms with Crippen LogP contribution in [0.5, 0.6) is 0 Å². The van der Waals surface area contributed by atoms with Gasteiger partial charge in [-0.2, -0.15) is 0 Å². The van der Waals surface area contributed by atoms with Crippen molar-refractivity contribution in [3.8, 4) is 0 Å². The smallest absolute Gasteiger partial charge is 0.129 e. The van der Waals surface area contributed by atoms with Gasteiger partial charge in [0.05, 0.1) is 0 Å². The van der Waals surface area contributed by atoms with Crippen molar-refractivity contribution in [1.29, 1.82) is 0 Å². The van der Waals surface area contributed by atoms with Gasteiger partial charge >= 0.3 is 0 Å². The third-order valence-corrected chi connectivity index (χ3v) is 4.64. The zero-order chi connectivity index (χ0) is 14.5. The van der Waals surface area contributed by atoms with E-state index in [2.05, 4.69) is 29.3 Å². The summed E-state index contributed by atoms with van der Waals surface area (Å²) in [5.74, 6) is 1.21. The van der Waals surface area contributed by atoms with E-state index < -0.39 is 0 Å². The second kappa shape index (κ2) is 7.26. The van der Waals surface area contributed by atoms with E-state index in [9.17, 15) is 0 Å². The van der Waals surface area contributed by atoms with Gasteiger partial charge in [-0.1, -0.05) is 26.2 Å². The van der Waals surface area contributed by atoms with E-state index in [0.29, 0.717) is 0 Å². The number of anilines is 1. The molecule has 3 heteroatoms. The van der Waals surface area contributed by atoms with Crippen LogP contribution in [-0.4, -0.2) is 24.1 Å². The summed E-state index contributed by atoms with van der Waals surface area (Å²) >= 11 is 0. The standard InChI is InChI=1S/C18H29N3/c1-2-16-12-15(14-19-17-8-9-17)13-18(20-16)21-10-6-4-3-5-7-11-21/h12-13,17,19H,2-11,14H2,1H3. The molecule has 0 radical (unpaired) electrons. The van der Waals surface area contributed by atoms with Gasteiger partial charge in [0, 0.05) is 31.4 Å². The molecule has 0 unspecified atom stereocenters. The Morgan fingerprint density at radius 3 is 2.48 bits per heavy atom. The number of nitrogens with one attached hydrogen (secondary N) is 1. The summed E-state index contributed by atoms with van der Waals surface area (Å²) in [5, 5.41) is 3.63. The first-order chi connectivity index (χ1) is 10.3. The van der Waals surface area contributed by atoms with Crippen LogP contribution in [0.4, 0.5) is 5.82 Å². The Morgan fingerprint density at radius 2 is 1.81 bits per heavy atom. The van der Waals surface area contributed by atoms with E-state index in [0.717, 1.165) is 19.0 Å². The molecule has 3 nitrogen and oxygen atoms in total. The van der Waals surface area contributed by atoms with Crippen LogP contribution in [0, 0.1) is 0 Å². The van der Waals surface area contributed by atoms with Gasteiger partial charge in [-0.25, -0.2) is 4.98 Å². The first-order valence-corrected chi connectivity index (χ1v) is 8.83. The normalized spacial score (nSPS) is 20.1. The molecule has 1 aliphatic heterocycles. The summed E-state index contributed by atoms with van der Waals surface area (Å²) < 4.78 is 0. The summed E-state index contributed by atoms with van der Waals surface area (Å²) in [5.41, 5.74) is 2.65. The SMILES string of the molecule is CCc1cc(CNC2CC2)cc(N2CCCCCCC2)n1. The maximum absolute atomic E-state index is 4.89. The minimum absolute atomic E-state index is 0.772. The topological polar surface area (TPSA) is 28.2 Å². The Hall–Kier alpha value is -1.09. The summed E-state index contributed by atoms with van der Waals surface area (Å²) in [6.45, 7) is 5.56. The first-order valence-electron chi connectivity index (χ1n) is 8.83. The molecule has 2 aliphatic rings. The summed E-state index contributed by atoms with van der Waals surface area (Å²) in [4.78, 5) is 7.40. The van der Waals surface area contributed by atoms with Crippen LogP contribution < -0.4 is 10.2 Å². The van der Waals surface area contributed by atoms with Crippen LogP contribution in [0.1, 0.15) is 63.1 Å². The molecular weight excluding hydrogens is 258 g/mol. The molecule has 1 N–H and O–H groups in total. The van der Waals surface area contributed by atoms with E-state index in [1.165, 1.54) is 75.1 Å². The number of pyridine rings is 1. The average molecular weight is 287 g/mol. The van der Waals surface area contributed by atoms with Gasteiger partial charge in [0.2, 0.25) is 0 Å². The molecule has 0 bridgehead atoms. The van der Waals surface area contributed by atoms with Gasteiger partial charge in [0.15, 0.2) is 0 Å². The van der Waals surface area contributed by atoms with Gasteiger partial charge in [0.25, 0.3) is 0 Å². The van der Waals surface area contributed by atoms with E-state index in [1.807, 2.05) is 0 Å². The van der Waals surface area contributed by atoms with Crippen LogP contribution in [0.25, 0.3) is 0 Å². The van der Waals surface area contributed by atoms with Gasteiger partial charge < -0.3 is 10.2 Å². The van der Waals surface area contributed by atoms with Gasteiger partial charge in [-0.05, 0) is 49.8 Å². The fourth-order valence-corrected chi connectivity index (χ4v) is 3.10. The number of aromatic nitrogens is 1. The monoisotopic (exact) mass is 287 g/mol. The molecule has 21 heavy (non-hydrogen) atoms. The highest BCUT2D eigenvalue weighted by molar-refractivity contribution is 5.43. The molecule has 1 saturated carbocycles. The molecule has 2 heterocycles. The zero-order valence-corrected chi connectivity index (χ0v) is 13.4. The van der Waals surface area contributed by atoms with E-state index in [4.69, 9.17) is 4.98 Å². The Kier molecular flexibility index (Phi) is 5.13. The predicted molar refractivity (Wildman–Crippen MR) is 88.8 cm³/mol. The molecule has 0 amide bonds. The molecule has 1 saturated heterocycles. The van der Waals surface area contributed by atoms with Crippen LogP contribution in [0.2, 0.25) is 0 Å². The highest BCUT2D eigenvalue weighted by Gasteiger charge is 2.20. The van der Waals surface area contributed by atoms with Crippen molar-refractivity contribution in [2.24, 2.45) is 0 Å². The lowest BCUT2D eigenvalue weighted by Crippen LogP contribution is -2.28. The van der Waals surface area contributed by atoms with Crippen molar-refractivity contribution in [2.75, 3.05) is 18.0 Å². The van der Waals surface area contributed by atoms with Crippen molar-refractivity contribution in [1.82, 2.24) is 10.3 Å². The fraction of sp³-hybridized carbons (Fsp3) is 0.722. The fourth-order valence-electron chi connectivity index (χ4n) is 3.10. The molecule has 3 rings (SSSR count). The Bertz CT molecular complexity index is 446. The first kappa shape index (κ1) is 14.8. The van der Waals surface area contributed by atoms with E-state index >= 15 is 0 Å². The van der Waals surface area contributed by atoms with E-state index in [1.54, 1.807) is 0 Å². The van der Waals surface area contributed by atoms with Gasteiger partial charge in [-0.3, -0.25) is 0 Å². The maximum atomic E-state index is 4.89. The minimum Gasteiger partial charge on any atom is -0.357 e. The minimum atomic E-state index is 0.772. The second-order valence-corrected chi connectivity index (χ2v) is 6.59. The average Bonchev–Trinajstić information content (AvgIpc) is 3.28. The molecule has 0 atom stereocenters. The lowest BCUT2D eigenvalue weighted by molar-refractivity contribution is 0.553. The molecule has 1 aromatic rings. The predicted octanol–water partition coefficient (Wildman–Crippen LogP) is 3.67. The van der Waals surface area contributed by atoms with E-state index in [-0.39, 0.29) is 0 Å². The van der Waals surface area contributed by atoms with Crippen molar-refractivity contribution >= 4 is 5.82 Å². The maximum Gasteiger partial charge on any atom is 0.129 e. The Labute approximate surface area is 129 Å². The molecule has 116 valence electrons. The number of hydrogen-bond acceptors (Lipinski definition) is 3. The number of aryl methyl sites for hydroxylation is 1. The number of nitrogens with zero attached hydrogens (tertiary/aromatic N) is 2. The number of hydrogen-bond donors (Lipinski definition) is 1. The highest BCUT2D eigenvalue weighted by Crippen LogP contribution is 2.22. The molecule has 1 aliphatic carbocycles. The Balaban J connectivity index is 1.72. The molecule has 0 spiro atoms. The summed E-state index contributed by atoms with van der Waals surface area (Å²) in [6, 6.07) is 5.37. The second-order valence-electron chi connectivity index (χ2n) is 6.59. The summed E-state index contributed by atoms with van der Waals surface area (Å²) in [7, 11) is 0. The molecule has 2 fully saturated rings. The molecular formula is C18H29N3. The van der Waals surface area contributed by atoms with Crippen LogP contribution in [0.15, 0.2) is 12.1 Å². The lowest BCUT2D eigenvalue weighted by Gasteiger charge is -2.26. The van der Waals surface area contributed by atoms with Gasteiger partial charge in [-0.15, -0.1) is 0 Å². The molecule has 1 aromatic heterocycles. The quantitative estimate of drug-likeness (QED) is 0.895. The third-order valence-electron chi connectivity index (χ3n) is 4.64. The van der Waals surface area contributed by atoms with Gasteiger partial charge in [0.1, 0.15) is 5.82 Å². The molecule has 0 aromatic carbocycles. The largest absolute Gasteiger partial charge is 0.357 e. The highest BCUT2D eigenvalue weighted by atomic mass is 15.2. The number of rotatable bonds is 5. The van der Waals surface area contributed by atoms with Crippen LogP contribution in [-0.2, 0) is 13.0 Å². The van der Waals surface area contributed by atoms with Crippen molar-refractivity contribution in [3.05, 3.63) is 23.4 Å². The van der Waals surface area contributed by atoms with Crippen molar-refractivity contribution in [3.63, 3.8) is 0 Å². The lowest BCUT2D eigenvalue weighted by atomic mass is 10.1. The third kappa shape index (κ3) is 4.44. The Morgan fingerprint density at radius 1 is 1.10 bits per heavy atom. The zero-order valence-electron chi connectivity index (χ0n) is 13.4. The van der Waals surface area contributed by atoms with Crippen LogP contribution in [0.3, 0.4) is 0 Å².